The molecule has 0 aliphatic heterocycles. The Morgan fingerprint density at radius 2 is 2.03 bits per heavy atom. The number of aromatic nitrogens is 4. The molecule has 0 saturated heterocycles. The zero-order valence-corrected chi connectivity index (χ0v) is 21.3. The van der Waals surface area contributed by atoms with Crippen LogP contribution in [0.3, 0.4) is 0 Å². The Balaban J connectivity index is 1.57. The average Bonchev–Trinajstić information content (AvgIpc) is 3.75. The number of amidine groups is 1. The van der Waals surface area contributed by atoms with Crippen LogP contribution < -0.4 is 16.4 Å². The summed E-state index contributed by atoms with van der Waals surface area (Å²) in [5.74, 6) is 1.15. The van der Waals surface area contributed by atoms with Crippen LogP contribution in [0.5, 0.6) is 0 Å². The molecule has 4 N–H and O–H groups in total. The van der Waals surface area contributed by atoms with E-state index in [-0.39, 0.29) is 5.91 Å². The van der Waals surface area contributed by atoms with Crippen LogP contribution in [0, 0.1) is 0 Å². The molecule has 184 valence electrons. The number of anilines is 1. The van der Waals surface area contributed by atoms with Gasteiger partial charge in [0.05, 0.1) is 11.8 Å². The first kappa shape index (κ1) is 23.3. The van der Waals surface area contributed by atoms with Crippen LogP contribution in [0.1, 0.15) is 50.0 Å². The third-order valence-electron chi connectivity index (χ3n) is 6.43. The Morgan fingerprint density at radius 3 is 2.60 bits per heavy atom. The lowest BCUT2D eigenvalue weighted by Crippen LogP contribution is -2.36. The van der Waals surface area contributed by atoms with Gasteiger partial charge in [-0.1, -0.05) is 0 Å². The van der Waals surface area contributed by atoms with Crippen LogP contribution >= 0.6 is 12.2 Å². The highest BCUT2D eigenvalue weighted by Gasteiger charge is 2.43. The molecule has 3 heterocycles. The van der Waals surface area contributed by atoms with Gasteiger partial charge in [0.1, 0.15) is 22.7 Å². The van der Waals surface area contributed by atoms with E-state index in [1.165, 1.54) is 0 Å². The van der Waals surface area contributed by atoms with Gasteiger partial charge in [-0.3, -0.25) is 9.79 Å². The minimum absolute atomic E-state index is 0.101. The summed E-state index contributed by atoms with van der Waals surface area (Å²) >= 11 is 5.52. The lowest BCUT2D eigenvalue weighted by atomic mass is 10.2. The number of thiocarbonyl (C=S) groups is 1. The van der Waals surface area contributed by atoms with E-state index in [2.05, 4.69) is 25.5 Å². The number of nitrogens with one attached hydrogen (secondary N) is 2. The van der Waals surface area contributed by atoms with Gasteiger partial charge in [-0.15, -0.1) is 0 Å². The molecule has 2 aliphatic carbocycles. The summed E-state index contributed by atoms with van der Waals surface area (Å²) in [7, 11) is 3.60. The molecule has 3 aromatic rings. The lowest BCUT2D eigenvalue weighted by molar-refractivity contribution is 0.0719. The van der Waals surface area contributed by atoms with Crippen molar-refractivity contribution < 1.29 is 4.79 Å². The number of allylic oxidation sites excluding steroid dienone is 1. The van der Waals surface area contributed by atoms with Gasteiger partial charge in [0.15, 0.2) is 10.9 Å². The van der Waals surface area contributed by atoms with Gasteiger partial charge in [-0.2, -0.15) is 0 Å². The standard InChI is InChI=1S/C24H31N9OS/c1-5-32-17(23(34)33(14-6-7-14)15-8-9-15)11-16-20-19(27-12-31(20)4)21(29-22(16)32)30-24(35)28-18(26-3)10-13(2)25/h10-12,14-15H,5-9,25H2,1-4H3,(H2,26,28,29,30,35). The van der Waals surface area contributed by atoms with Crippen molar-refractivity contribution >= 4 is 57.0 Å². The number of pyridine rings is 1. The number of amides is 1. The fraction of sp³-hybridized carbons (Fsp3) is 0.458. The Hall–Kier alpha value is -3.47. The molecular weight excluding hydrogens is 462 g/mol. The Bertz CT molecular complexity index is 1380. The van der Waals surface area contributed by atoms with Gasteiger partial charge in [-0.05, 0) is 63.9 Å². The van der Waals surface area contributed by atoms with Crippen LogP contribution in [0.25, 0.3) is 22.1 Å². The van der Waals surface area contributed by atoms with Crippen molar-refractivity contribution in [3.8, 4) is 0 Å². The van der Waals surface area contributed by atoms with Crippen LogP contribution in [-0.2, 0) is 13.6 Å². The number of carbonyl (C=O) groups is 1. The number of rotatable bonds is 6. The molecule has 35 heavy (non-hydrogen) atoms. The molecule has 11 heteroatoms. The van der Waals surface area contributed by atoms with Gasteiger partial charge in [0, 0.05) is 43.8 Å². The minimum atomic E-state index is 0.101. The molecule has 0 atom stereocenters. The van der Waals surface area contributed by atoms with E-state index in [0.717, 1.165) is 42.2 Å². The second-order valence-corrected chi connectivity index (χ2v) is 9.68. The zero-order chi connectivity index (χ0) is 24.9. The fourth-order valence-electron chi connectivity index (χ4n) is 4.59. The molecule has 3 aromatic heterocycles. The number of nitrogens with zero attached hydrogens (tertiary/aromatic N) is 6. The van der Waals surface area contributed by atoms with E-state index in [4.69, 9.17) is 22.9 Å². The molecule has 2 saturated carbocycles. The normalized spacial score (nSPS) is 16.7. The van der Waals surface area contributed by atoms with Gasteiger partial charge < -0.3 is 30.4 Å². The topological polar surface area (TPSA) is 118 Å². The Labute approximate surface area is 209 Å². The summed E-state index contributed by atoms with van der Waals surface area (Å²) in [6.07, 6.45) is 7.84. The molecule has 1 amide bonds. The third kappa shape index (κ3) is 4.36. The van der Waals surface area contributed by atoms with Gasteiger partial charge in [0.2, 0.25) is 0 Å². The maximum atomic E-state index is 13.7. The number of imidazole rings is 1. The molecule has 5 rings (SSSR count). The molecule has 2 fully saturated rings. The number of hydrogen-bond acceptors (Lipinski definition) is 6. The maximum absolute atomic E-state index is 13.7. The van der Waals surface area contributed by atoms with E-state index >= 15 is 0 Å². The predicted octanol–water partition coefficient (Wildman–Crippen LogP) is 2.89. The van der Waals surface area contributed by atoms with E-state index < -0.39 is 0 Å². The summed E-state index contributed by atoms with van der Waals surface area (Å²) < 4.78 is 3.96. The molecule has 0 bridgehead atoms. The molecule has 10 nitrogen and oxygen atoms in total. The van der Waals surface area contributed by atoms with Crippen molar-refractivity contribution in [2.45, 2.75) is 58.2 Å². The summed E-state index contributed by atoms with van der Waals surface area (Å²) in [6, 6.07) is 2.74. The van der Waals surface area contributed by atoms with Crippen LogP contribution in [0.15, 0.2) is 29.2 Å². The van der Waals surface area contributed by atoms with E-state index in [1.807, 2.05) is 29.2 Å². The Morgan fingerprint density at radius 1 is 1.34 bits per heavy atom. The number of carbonyl (C=O) groups excluding carboxylic acids is 1. The predicted molar refractivity (Wildman–Crippen MR) is 143 cm³/mol. The highest BCUT2D eigenvalue weighted by Crippen LogP contribution is 2.39. The summed E-state index contributed by atoms with van der Waals surface area (Å²) in [5, 5.41) is 7.44. The SMILES string of the molecule is CCn1c(C(=O)N(C2CC2)C2CC2)cc2c3c(ncn3C)c(NC(=S)NC(C=C(C)N)=NC)nc21. The van der Waals surface area contributed by atoms with Crippen molar-refractivity contribution in [2.24, 2.45) is 17.8 Å². The highest BCUT2D eigenvalue weighted by molar-refractivity contribution is 7.80. The van der Waals surface area contributed by atoms with Crippen molar-refractivity contribution in [2.75, 3.05) is 12.4 Å². The van der Waals surface area contributed by atoms with Crippen molar-refractivity contribution in [1.29, 1.82) is 0 Å². The highest BCUT2D eigenvalue weighted by atomic mass is 32.1. The largest absolute Gasteiger partial charge is 0.402 e. The molecule has 0 radical (unpaired) electrons. The minimum Gasteiger partial charge on any atom is -0.402 e. The van der Waals surface area contributed by atoms with Gasteiger partial charge in [0.25, 0.3) is 5.91 Å². The molecule has 0 spiro atoms. The first-order chi connectivity index (χ1) is 16.8. The van der Waals surface area contributed by atoms with Gasteiger partial charge >= 0.3 is 0 Å². The average molecular weight is 494 g/mol. The summed E-state index contributed by atoms with van der Waals surface area (Å²) in [6.45, 7) is 4.44. The Kier molecular flexibility index (Phi) is 5.96. The zero-order valence-electron chi connectivity index (χ0n) is 20.5. The summed E-state index contributed by atoms with van der Waals surface area (Å²) in [4.78, 5) is 29.5. The number of aliphatic imine (C=N–C) groups is 1. The fourth-order valence-corrected chi connectivity index (χ4v) is 4.79. The first-order valence-electron chi connectivity index (χ1n) is 12.0. The third-order valence-corrected chi connectivity index (χ3v) is 6.64. The lowest BCUT2D eigenvalue weighted by Gasteiger charge is -2.22. The van der Waals surface area contributed by atoms with E-state index in [9.17, 15) is 4.79 Å². The van der Waals surface area contributed by atoms with Gasteiger partial charge in [-0.25, -0.2) is 9.97 Å². The monoisotopic (exact) mass is 493 g/mol. The maximum Gasteiger partial charge on any atom is 0.271 e. The van der Waals surface area contributed by atoms with Crippen molar-refractivity contribution in [1.82, 2.24) is 29.3 Å². The van der Waals surface area contributed by atoms with E-state index in [1.54, 1.807) is 26.4 Å². The number of hydrogen-bond donors (Lipinski definition) is 3. The van der Waals surface area contributed by atoms with Crippen LogP contribution in [0.4, 0.5) is 5.82 Å². The van der Waals surface area contributed by atoms with Crippen molar-refractivity contribution in [3.05, 3.63) is 29.9 Å². The van der Waals surface area contributed by atoms with E-state index in [0.29, 0.717) is 52.3 Å². The number of nitrogens with two attached hydrogens (primary N) is 1. The first-order valence-corrected chi connectivity index (χ1v) is 12.4. The smallest absolute Gasteiger partial charge is 0.271 e. The molecule has 0 unspecified atom stereocenters. The van der Waals surface area contributed by atoms with Crippen LogP contribution in [0.2, 0.25) is 0 Å². The number of fused-ring (bicyclic) bond motifs is 3. The molecule has 0 aromatic carbocycles. The van der Waals surface area contributed by atoms with Crippen molar-refractivity contribution in [3.63, 3.8) is 0 Å². The number of aryl methyl sites for hydroxylation is 2. The summed E-state index contributed by atoms with van der Waals surface area (Å²) in [5.41, 5.74) is 9.37. The molecule has 2 aliphatic rings. The second-order valence-electron chi connectivity index (χ2n) is 9.28. The molecular formula is C24H31N9OS. The second kappa shape index (κ2) is 8.95. The quantitative estimate of drug-likeness (QED) is 0.274. The van der Waals surface area contributed by atoms with Crippen LogP contribution in [-0.4, -0.2) is 60.0 Å².